The van der Waals surface area contributed by atoms with Gasteiger partial charge in [-0.05, 0) is 43.9 Å². The number of likely N-dealkylation sites (tertiary alicyclic amines) is 1. The van der Waals surface area contributed by atoms with Crippen LogP contribution in [0.3, 0.4) is 0 Å². The molecule has 0 aromatic carbocycles. The van der Waals surface area contributed by atoms with Crippen molar-refractivity contribution in [1.29, 1.82) is 0 Å². The smallest absolute Gasteiger partial charge is 0.0360 e. The van der Waals surface area contributed by atoms with Crippen LogP contribution < -0.4 is 5.73 Å². The van der Waals surface area contributed by atoms with Crippen LogP contribution in [0.1, 0.15) is 45.4 Å². The monoisotopic (exact) mass is 208 g/mol. The SMILES string of the molecule is CC1CCCC1(CN)N1CC2CCC1C2. The fourth-order valence-electron chi connectivity index (χ4n) is 4.55. The van der Waals surface area contributed by atoms with Crippen LogP contribution in [0.15, 0.2) is 0 Å². The van der Waals surface area contributed by atoms with Crippen molar-refractivity contribution in [3.63, 3.8) is 0 Å². The Balaban J connectivity index is 1.84. The van der Waals surface area contributed by atoms with Gasteiger partial charge in [0.2, 0.25) is 0 Å². The number of hydrogen-bond acceptors (Lipinski definition) is 2. The van der Waals surface area contributed by atoms with Crippen molar-refractivity contribution in [3.8, 4) is 0 Å². The largest absolute Gasteiger partial charge is 0.329 e. The molecule has 2 N–H and O–H groups in total. The number of piperidine rings is 1. The van der Waals surface area contributed by atoms with Gasteiger partial charge in [0.05, 0.1) is 0 Å². The standard InChI is InChI=1S/C13H24N2/c1-10-3-2-6-13(10,9-14)15-8-11-4-5-12(15)7-11/h10-12H,2-9,14H2,1H3. The van der Waals surface area contributed by atoms with Crippen molar-refractivity contribution in [2.75, 3.05) is 13.1 Å². The lowest BCUT2D eigenvalue weighted by molar-refractivity contribution is 0.0350. The Labute approximate surface area is 93.2 Å². The number of fused-ring (bicyclic) bond motifs is 2. The third kappa shape index (κ3) is 1.31. The summed E-state index contributed by atoms with van der Waals surface area (Å²) in [6.07, 6.45) is 8.54. The van der Waals surface area contributed by atoms with E-state index < -0.39 is 0 Å². The maximum Gasteiger partial charge on any atom is 0.0360 e. The molecule has 2 heteroatoms. The summed E-state index contributed by atoms with van der Waals surface area (Å²) >= 11 is 0. The topological polar surface area (TPSA) is 29.3 Å². The van der Waals surface area contributed by atoms with Gasteiger partial charge in [-0.15, -0.1) is 0 Å². The Bertz CT molecular complexity index is 253. The summed E-state index contributed by atoms with van der Waals surface area (Å²) in [7, 11) is 0. The van der Waals surface area contributed by atoms with Crippen molar-refractivity contribution in [1.82, 2.24) is 4.90 Å². The van der Waals surface area contributed by atoms with Gasteiger partial charge in [0, 0.05) is 24.7 Å². The zero-order valence-electron chi connectivity index (χ0n) is 9.91. The van der Waals surface area contributed by atoms with Crippen LogP contribution >= 0.6 is 0 Å². The number of rotatable bonds is 2. The van der Waals surface area contributed by atoms with E-state index in [9.17, 15) is 0 Å². The summed E-state index contributed by atoms with van der Waals surface area (Å²) in [5, 5.41) is 0. The van der Waals surface area contributed by atoms with Crippen molar-refractivity contribution in [2.24, 2.45) is 17.6 Å². The Hall–Kier alpha value is -0.0800. The van der Waals surface area contributed by atoms with Crippen LogP contribution in [-0.4, -0.2) is 29.6 Å². The summed E-state index contributed by atoms with van der Waals surface area (Å²) in [6.45, 7) is 4.66. The van der Waals surface area contributed by atoms with E-state index in [0.717, 1.165) is 24.4 Å². The molecule has 15 heavy (non-hydrogen) atoms. The Morgan fingerprint density at radius 3 is 2.67 bits per heavy atom. The van der Waals surface area contributed by atoms with Gasteiger partial charge < -0.3 is 5.73 Å². The minimum Gasteiger partial charge on any atom is -0.329 e. The van der Waals surface area contributed by atoms with Gasteiger partial charge in [-0.1, -0.05) is 13.3 Å². The van der Waals surface area contributed by atoms with E-state index in [1.54, 1.807) is 0 Å². The van der Waals surface area contributed by atoms with E-state index in [4.69, 9.17) is 5.73 Å². The summed E-state index contributed by atoms with van der Waals surface area (Å²) in [4.78, 5) is 2.82. The molecule has 1 saturated heterocycles. The summed E-state index contributed by atoms with van der Waals surface area (Å²) < 4.78 is 0. The molecule has 1 heterocycles. The van der Waals surface area contributed by atoms with E-state index in [-0.39, 0.29) is 0 Å². The van der Waals surface area contributed by atoms with Crippen LogP contribution in [0.4, 0.5) is 0 Å². The van der Waals surface area contributed by atoms with Gasteiger partial charge in [-0.25, -0.2) is 0 Å². The molecule has 2 aliphatic carbocycles. The predicted molar refractivity (Wildman–Crippen MR) is 62.6 cm³/mol. The molecule has 86 valence electrons. The summed E-state index contributed by atoms with van der Waals surface area (Å²) in [5.41, 5.74) is 6.52. The molecule has 0 spiro atoms. The molecule has 4 atom stereocenters. The lowest BCUT2D eigenvalue weighted by Crippen LogP contribution is -2.58. The predicted octanol–water partition coefficient (Wildman–Crippen LogP) is 1.99. The van der Waals surface area contributed by atoms with Crippen LogP contribution in [0.25, 0.3) is 0 Å². The molecule has 3 fully saturated rings. The van der Waals surface area contributed by atoms with E-state index in [1.165, 1.54) is 45.1 Å². The average molecular weight is 208 g/mol. The lowest BCUT2D eigenvalue weighted by atomic mass is 9.85. The van der Waals surface area contributed by atoms with Crippen molar-refractivity contribution < 1.29 is 0 Å². The fourth-order valence-corrected chi connectivity index (χ4v) is 4.55. The maximum atomic E-state index is 6.13. The molecule has 2 saturated carbocycles. The average Bonchev–Trinajstić information content (AvgIpc) is 2.91. The highest BCUT2D eigenvalue weighted by Crippen LogP contribution is 2.48. The summed E-state index contributed by atoms with van der Waals surface area (Å²) in [6, 6.07) is 0.888. The highest BCUT2D eigenvalue weighted by molar-refractivity contribution is 5.07. The first kappa shape index (κ1) is 10.1. The van der Waals surface area contributed by atoms with Gasteiger partial charge in [-0.3, -0.25) is 4.90 Å². The number of nitrogens with zero attached hydrogens (tertiary/aromatic N) is 1. The first-order valence-electron chi connectivity index (χ1n) is 6.73. The Kier molecular flexibility index (Phi) is 2.33. The van der Waals surface area contributed by atoms with Crippen molar-refractivity contribution >= 4 is 0 Å². The molecule has 2 nitrogen and oxygen atoms in total. The van der Waals surface area contributed by atoms with Gasteiger partial charge >= 0.3 is 0 Å². The number of hydrogen-bond donors (Lipinski definition) is 1. The molecule has 2 bridgehead atoms. The van der Waals surface area contributed by atoms with E-state index in [0.29, 0.717) is 5.54 Å². The molecule has 0 radical (unpaired) electrons. The first-order valence-corrected chi connectivity index (χ1v) is 6.73. The summed E-state index contributed by atoms with van der Waals surface area (Å²) in [5.74, 6) is 1.83. The van der Waals surface area contributed by atoms with Crippen LogP contribution in [0.2, 0.25) is 0 Å². The molecule has 0 amide bonds. The van der Waals surface area contributed by atoms with Crippen LogP contribution in [0, 0.1) is 11.8 Å². The second kappa shape index (κ2) is 3.46. The molecule has 0 aromatic heterocycles. The lowest BCUT2D eigenvalue weighted by Gasteiger charge is -2.46. The fraction of sp³-hybridized carbons (Fsp3) is 1.00. The minimum atomic E-state index is 0.389. The van der Waals surface area contributed by atoms with Gasteiger partial charge in [-0.2, -0.15) is 0 Å². The molecule has 0 aromatic rings. The highest BCUT2D eigenvalue weighted by atomic mass is 15.3. The highest BCUT2D eigenvalue weighted by Gasteiger charge is 2.51. The van der Waals surface area contributed by atoms with Crippen molar-refractivity contribution in [3.05, 3.63) is 0 Å². The van der Waals surface area contributed by atoms with Crippen LogP contribution in [-0.2, 0) is 0 Å². The van der Waals surface area contributed by atoms with E-state index in [1.807, 2.05) is 0 Å². The zero-order chi connectivity index (χ0) is 10.5. The molecule has 3 aliphatic rings. The first-order chi connectivity index (χ1) is 7.26. The molecule has 1 aliphatic heterocycles. The van der Waals surface area contributed by atoms with Gasteiger partial charge in [0.25, 0.3) is 0 Å². The maximum absolute atomic E-state index is 6.13. The normalized spacial score (nSPS) is 50.4. The molecular formula is C13H24N2. The molecule has 4 unspecified atom stereocenters. The van der Waals surface area contributed by atoms with Crippen LogP contribution in [0.5, 0.6) is 0 Å². The number of nitrogens with two attached hydrogens (primary N) is 1. The minimum absolute atomic E-state index is 0.389. The van der Waals surface area contributed by atoms with Crippen molar-refractivity contribution in [2.45, 2.75) is 57.0 Å². The Morgan fingerprint density at radius 1 is 1.33 bits per heavy atom. The van der Waals surface area contributed by atoms with E-state index in [2.05, 4.69) is 11.8 Å². The molecular weight excluding hydrogens is 184 g/mol. The second-order valence-corrected chi connectivity index (χ2v) is 6.09. The second-order valence-electron chi connectivity index (χ2n) is 6.09. The van der Waals surface area contributed by atoms with Gasteiger partial charge in [0.1, 0.15) is 0 Å². The third-order valence-electron chi connectivity index (χ3n) is 5.50. The van der Waals surface area contributed by atoms with E-state index >= 15 is 0 Å². The van der Waals surface area contributed by atoms with Gasteiger partial charge in [0.15, 0.2) is 0 Å². The quantitative estimate of drug-likeness (QED) is 0.752. The Morgan fingerprint density at radius 2 is 2.20 bits per heavy atom. The molecule has 3 rings (SSSR count). The zero-order valence-corrected chi connectivity index (χ0v) is 9.91. The third-order valence-corrected chi connectivity index (χ3v) is 5.50.